The molecule has 0 spiro atoms. The molecule has 6 unspecified atom stereocenters. The number of carbonyl (C=O) groups excluding carboxylic acids is 1. The number of ether oxygens (including phenoxy) is 1. The molecule has 42 heavy (non-hydrogen) atoms. The highest BCUT2D eigenvalue weighted by atomic mass is 35.5. The lowest BCUT2D eigenvalue weighted by Crippen LogP contribution is -2.57. The fraction of sp³-hybridized carbons (Fsp3) is 0.581. The van der Waals surface area contributed by atoms with Crippen LogP contribution in [0.4, 0.5) is 10.1 Å². The summed E-state index contributed by atoms with van der Waals surface area (Å²) in [6.45, 7) is 1.73. The van der Waals surface area contributed by atoms with Crippen molar-refractivity contribution in [2.75, 3.05) is 30.8 Å². The summed E-state index contributed by atoms with van der Waals surface area (Å²) in [5.41, 5.74) is 8.24. The van der Waals surface area contributed by atoms with Crippen LogP contribution >= 0.6 is 11.6 Å². The first-order chi connectivity index (χ1) is 20.2. The molecule has 3 heterocycles. The van der Waals surface area contributed by atoms with Crippen molar-refractivity contribution in [3.05, 3.63) is 64.4 Å². The zero-order valence-corrected chi connectivity index (χ0v) is 25.5. The molecule has 1 amide bonds. The van der Waals surface area contributed by atoms with Gasteiger partial charge in [0.05, 0.1) is 17.9 Å². The Labute approximate surface area is 253 Å². The quantitative estimate of drug-likeness (QED) is 0.358. The fourth-order valence-corrected chi connectivity index (χ4v) is 8.48. The number of sulfonamides is 1. The van der Waals surface area contributed by atoms with Crippen LogP contribution in [0.1, 0.15) is 68.4 Å². The molecule has 3 aliphatic heterocycles. The molecule has 2 bridgehead atoms. The van der Waals surface area contributed by atoms with Gasteiger partial charge in [0.25, 0.3) is 0 Å². The van der Waals surface area contributed by atoms with E-state index >= 15 is 4.39 Å². The first-order valence-electron chi connectivity index (χ1n) is 15.1. The number of rotatable bonds is 10. The monoisotopic (exact) mass is 620 g/mol. The molecular formula is C31H42ClFN4O4S. The second-order valence-corrected chi connectivity index (χ2v) is 14.3. The maximum absolute atomic E-state index is 15.2. The third kappa shape index (κ3) is 7.70. The molecule has 6 atom stereocenters. The largest absolute Gasteiger partial charge is 0.378 e. The summed E-state index contributed by atoms with van der Waals surface area (Å²) in [6.07, 6.45) is 6.98. The molecule has 4 N–H and O–H groups in total. The Hall–Kier alpha value is -2.08. The minimum Gasteiger partial charge on any atom is -0.378 e. The van der Waals surface area contributed by atoms with Crippen LogP contribution in [0, 0.1) is 5.82 Å². The van der Waals surface area contributed by atoms with Crippen molar-refractivity contribution in [3.8, 4) is 0 Å². The van der Waals surface area contributed by atoms with E-state index in [1.807, 2.05) is 12.1 Å². The maximum Gasteiger partial charge on any atom is 0.241 e. The van der Waals surface area contributed by atoms with E-state index in [9.17, 15) is 13.2 Å². The smallest absolute Gasteiger partial charge is 0.241 e. The van der Waals surface area contributed by atoms with E-state index in [1.54, 1.807) is 28.6 Å². The maximum atomic E-state index is 15.2. The molecule has 8 nitrogen and oxygen atoms in total. The molecule has 0 aromatic heterocycles. The summed E-state index contributed by atoms with van der Waals surface area (Å²) in [5.74, 6) is -0.976. The predicted molar refractivity (Wildman–Crippen MR) is 164 cm³/mol. The lowest BCUT2D eigenvalue weighted by atomic mass is 9.85. The average Bonchev–Trinajstić information content (AvgIpc) is 3.10. The number of fused-ring (bicyclic) bond motifs is 2. The highest BCUT2D eigenvalue weighted by molar-refractivity contribution is 7.89. The summed E-state index contributed by atoms with van der Waals surface area (Å²) in [5, 5.41) is 6.96. The van der Waals surface area contributed by atoms with Crippen LogP contribution in [0.5, 0.6) is 0 Å². The summed E-state index contributed by atoms with van der Waals surface area (Å²) in [6, 6.07) is 11.0. The number of carbonyl (C=O) groups is 1. The van der Waals surface area contributed by atoms with Crippen LogP contribution in [0.15, 0.2) is 42.5 Å². The summed E-state index contributed by atoms with van der Waals surface area (Å²) in [7, 11) is -3.35. The number of amides is 1. The van der Waals surface area contributed by atoms with Gasteiger partial charge in [-0.05, 0) is 87.6 Å². The number of benzene rings is 2. The zero-order chi connectivity index (χ0) is 29.7. The summed E-state index contributed by atoms with van der Waals surface area (Å²) in [4.78, 5) is 13.6. The van der Waals surface area contributed by atoms with Crippen LogP contribution in [-0.2, 0) is 26.0 Å². The molecule has 0 saturated carbocycles. The van der Waals surface area contributed by atoms with E-state index in [2.05, 4.69) is 10.6 Å². The highest BCUT2D eigenvalue weighted by Crippen LogP contribution is 2.31. The van der Waals surface area contributed by atoms with Crippen molar-refractivity contribution in [2.24, 2.45) is 5.73 Å². The zero-order valence-electron chi connectivity index (χ0n) is 23.9. The Morgan fingerprint density at radius 3 is 2.71 bits per heavy atom. The first-order valence-corrected chi connectivity index (χ1v) is 17.1. The number of nitrogens with two attached hydrogens (primary N) is 1. The Balaban J connectivity index is 1.29. The number of anilines is 1. The minimum absolute atomic E-state index is 0.141. The van der Waals surface area contributed by atoms with E-state index in [0.29, 0.717) is 48.6 Å². The lowest BCUT2D eigenvalue weighted by Gasteiger charge is -2.37. The van der Waals surface area contributed by atoms with Crippen molar-refractivity contribution in [2.45, 2.75) is 87.9 Å². The van der Waals surface area contributed by atoms with E-state index in [4.69, 9.17) is 22.1 Å². The number of nitrogens with zero attached hydrogens (tertiary/aromatic N) is 1. The normalized spacial score (nSPS) is 27.0. The molecule has 0 aliphatic carbocycles. The highest BCUT2D eigenvalue weighted by Gasteiger charge is 2.38. The van der Waals surface area contributed by atoms with Crippen LogP contribution in [0.3, 0.4) is 0 Å². The van der Waals surface area contributed by atoms with Crippen molar-refractivity contribution >= 4 is 33.2 Å². The van der Waals surface area contributed by atoms with E-state index in [0.717, 1.165) is 44.3 Å². The number of hydrogen-bond donors (Lipinski definition) is 3. The van der Waals surface area contributed by atoms with Crippen molar-refractivity contribution < 1.29 is 22.3 Å². The van der Waals surface area contributed by atoms with Gasteiger partial charge in [0, 0.05) is 54.0 Å². The molecule has 2 aromatic carbocycles. The topological polar surface area (TPSA) is 114 Å². The van der Waals surface area contributed by atoms with Crippen molar-refractivity contribution in [1.82, 2.24) is 9.62 Å². The molecule has 2 aromatic rings. The second-order valence-electron chi connectivity index (χ2n) is 11.8. The van der Waals surface area contributed by atoms with Gasteiger partial charge < -0.3 is 21.1 Å². The molecular weight excluding hydrogens is 579 g/mol. The molecule has 3 saturated heterocycles. The third-order valence-corrected chi connectivity index (χ3v) is 11.2. The van der Waals surface area contributed by atoms with Gasteiger partial charge >= 0.3 is 0 Å². The number of piperazine rings is 1. The Morgan fingerprint density at radius 2 is 1.95 bits per heavy atom. The molecule has 230 valence electrons. The van der Waals surface area contributed by atoms with Crippen LogP contribution < -0.4 is 16.4 Å². The molecule has 0 radical (unpaired) electrons. The van der Waals surface area contributed by atoms with Gasteiger partial charge in [0.1, 0.15) is 5.82 Å². The number of nitrogens with one attached hydrogen (secondary N) is 2. The van der Waals surface area contributed by atoms with Gasteiger partial charge in [-0.2, -0.15) is 4.31 Å². The van der Waals surface area contributed by atoms with Gasteiger partial charge in [-0.25, -0.2) is 12.8 Å². The average molecular weight is 621 g/mol. The van der Waals surface area contributed by atoms with Crippen molar-refractivity contribution in [3.63, 3.8) is 0 Å². The fourth-order valence-electron chi connectivity index (χ4n) is 6.55. The standard InChI is InChI=1S/C31H42ClFN4O4S/c32-22-11-9-21(10-12-22)26(16-14-25-6-1-2-17-41-25)30(34)31(38)36-29-8-3-7-28(33)27(29)15-13-24-19-35-23-5-4-18-42(39,40)37(24)20-23/h3,7-12,23-26,30,35H,1-2,4-6,13-20,34H2,(H,36,38). The van der Waals surface area contributed by atoms with Crippen LogP contribution in [0.2, 0.25) is 5.02 Å². The van der Waals surface area contributed by atoms with E-state index in [-0.39, 0.29) is 36.3 Å². The number of hydrogen-bond acceptors (Lipinski definition) is 6. The molecule has 3 fully saturated rings. The lowest BCUT2D eigenvalue weighted by molar-refractivity contribution is -0.118. The van der Waals surface area contributed by atoms with Gasteiger partial charge in [-0.3, -0.25) is 4.79 Å². The van der Waals surface area contributed by atoms with Crippen LogP contribution in [0.25, 0.3) is 0 Å². The van der Waals surface area contributed by atoms with Gasteiger partial charge in [-0.1, -0.05) is 29.8 Å². The summed E-state index contributed by atoms with van der Waals surface area (Å²) < 4.78 is 48.4. The second kappa shape index (κ2) is 14.1. The van der Waals surface area contributed by atoms with E-state index < -0.39 is 27.8 Å². The van der Waals surface area contributed by atoms with E-state index in [1.165, 1.54) is 6.07 Å². The molecule has 11 heteroatoms. The molecule has 5 rings (SSSR count). The van der Waals surface area contributed by atoms with Crippen LogP contribution in [-0.4, -0.2) is 68.3 Å². The van der Waals surface area contributed by atoms with Gasteiger partial charge in [-0.15, -0.1) is 0 Å². The SMILES string of the molecule is NC(C(=O)Nc1cccc(F)c1CCC1CNC2CCCS(=O)(=O)N1C2)C(CCC1CCCCO1)c1ccc(Cl)cc1. The first kappa shape index (κ1) is 31.3. The van der Waals surface area contributed by atoms with Gasteiger partial charge in [0.15, 0.2) is 0 Å². The Bertz CT molecular complexity index is 1320. The number of halogens is 2. The summed E-state index contributed by atoms with van der Waals surface area (Å²) >= 11 is 6.13. The Morgan fingerprint density at radius 1 is 1.14 bits per heavy atom. The third-order valence-electron chi connectivity index (χ3n) is 8.97. The predicted octanol–water partition coefficient (Wildman–Crippen LogP) is 4.58. The molecule has 3 aliphatic rings. The minimum atomic E-state index is -3.35. The Kier molecular flexibility index (Phi) is 10.6. The van der Waals surface area contributed by atoms with Gasteiger partial charge in [0.2, 0.25) is 15.9 Å². The van der Waals surface area contributed by atoms with Crippen molar-refractivity contribution in [1.29, 1.82) is 0 Å².